The quantitative estimate of drug-likeness (QED) is 0.815. The molecule has 1 amide bonds. The van der Waals surface area contributed by atoms with Gasteiger partial charge < -0.3 is 14.4 Å². The Balaban J connectivity index is 1.75. The maximum atomic E-state index is 12.0. The second-order valence-electron chi connectivity index (χ2n) is 6.68. The number of rotatable bonds is 3. The number of carbonyl (C=O) groups excluding carboxylic acids is 1. The zero-order valence-electron chi connectivity index (χ0n) is 13.6. The SMILES string of the molecule is Cn1cc(Br)c(OCC2CCN(C(=O)OC(C)(C)C)CC2)n1. The molecule has 0 aliphatic carbocycles. The summed E-state index contributed by atoms with van der Waals surface area (Å²) >= 11 is 3.42. The van der Waals surface area contributed by atoms with E-state index in [1.54, 1.807) is 9.58 Å². The lowest BCUT2D eigenvalue weighted by Gasteiger charge is -2.33. The number of piperidine rings is 1. The van der Waals surface area contributed by atoms with Gasteiger partial charge >= 0.3 is 6.09 Å². The van der Waals surface area contributed by atoms with Gasteiger partial charge in [0.15, 0.2) is 0 Å². The van der Waals surface area contributed by atoms with E-state index >= 15 is 0 Å². The number of carbonyl (C=O) groups is 1. The van der Waals surface area contributed by atoms with Crippen molar-refractivity contribution < 1.29 is 14.3 Å². The summed E-state index contributed by atoms with van der Waals surface area (Å²) in [7, 11) is 1.86. The highest BCUT2D eigenvalue weighted by molar-refractivity contribution is 9.10. The third-order valence-electron chi connectivity index (χ3n) is 3.48. The third kappa shape index (κ3) is 4.90. The molecule has 0 unspecified atom stereocenters. The zero-order valence-corrected chi connectivity index (χ0v) is 15.2. The Labute approximate surface area is 139 Å². The van der Waals surface area contributed by atoms with Crippen LogP contribution in [0.4, 0.5) is 4.79 Å². The van der Waals surface area contributed by atoms with Crippen molar-refractivity contribution in [1.29, 1.82) is 0 Å². The smallest absolute Gasteiger partial charge is 0.410 e. The van der Waals surface area contributed by atoms with Crippen LogP contribution in [0.25, 0.3) is 0 Å². The van der Waals surface area contributed by atoms with E-state index in [0.29, 0.717) is 31.5 Å². The molecule has 0 spiro atoms. The van der Waals surface area contributed by atoms with Crippen LogP contribution in [0.15, 0.2) is 10.7 Å². The van der Waals surface area contributed by atoms with Crippen LogP contribution in [-0.4, -0.2) is 46.1 Å². The first-order valence-corrected chi connectivity index (χ1v) is 8.34. The molecule has 0 radical (unpaired) electrons. The Morgan fingerprint density at radius 1 is 1.41 bits per heavy atom. The predicted octanol–water partition coefficient (Wildman–Crippen LogP) is 3.21. The fraction of sp³-hybridized carbons (Fsp3) is 0.733. The first-order valence-electron chi connectivity index (χ1n) is 7.54. The van der Waals surface area contributed by atoms with Gasteiger partial charge in [0.25, 0.3) is 0 Å². The molecule has 1 saturated heterocycles. The molecule has 2 rings (SSSR count). The van der Waals surface area contributed by atoms with Crippen LogP contribution in [0, 0.1) is 5.92 Å². The van der Waals surface area contributed by atoms with Gasteiger partial charge in [-0.3, -0.25) is 4.68 Å². The van der Waals surface area contributed by atoms with Gasteiger partial charge in [-0.15, -0.1) is 5.10 Å². The molecule has 0 atom stereocenters. The van der Waals surface area contributed by atoms with E-state index in [-0.39, 0.29) is 6.09 Å². The molecule has 124 valence electrons. The lowest BCUT2D eigenvalue weighted by Crippen LogP contribution is -2.42. The summed E-state index contributed by atoms with van der Waals surface area (Å²) in [5.41, 5.74) is -0.442. The van der Waals surface area contributed by atoms with Gasteiger partial charge in [0.1, 0.15) is 5.60 Å². The molecule has 1 aromatic heterocycles. The molecule has 1 aliphatic heterocycles. The second-order valence-corrected chi connectivity index (χ2v) is 7.53. The Morgan fingerprint density at radius 3 is 2.55 bits per heavy atom. The number of aryl methyl sites for hydroxylation is 1. The number of likely N-dealkylation sites (tertiary alicyclic amines) is 1. The van der Waals surface area contributed by atoms with Crippen molar-refractivity contribution in [2.45, 2.75) is 39.2 Å². The van der Waals surface area contributed by atoms with E-state index in [9.17, 15) is 4.79 Å². The lowest BCUT2D eigenvalue weighted by molar-refractivity contribution is 0.0164. The van der Waals surface area contributed by atoms with E-state index in [0.717, 1.165) is 17.3 Å². The molecule has 2 heterocycles. The first-order chi connectivity index (χ1) is 10.2. The number of hydrogen-bond donors (Lipinski definition) is 0. The van der Waals surface area contributed by atoms with Gasteiger partial charge in [0, 0.05) is 26.3 Å². The molecule has 6 nitrogen and oxygen atoms in total. The van der Waals surface area contributed by atoms with Gasteiger partial charge in [0.05, 0.1) is 11.1 Å². The van der Waals surface area contributed by atoms with Crippen LogP contribution in [0.3, 0.4) is 0 Å². The molecule has 1 fully saturated rings. The zero-order chi connectivity index (χ0) is 16.3. The number of aromatic nitrogens is 2. The van der Waals surface area contributed by atoms with E-state index in [1.807, 2.05) is 34.0 Å². The predicted molar refractivity (Wildman–Crippen MR) is 86.9 cm³/mol. The molecule has 0 N–H and O–H groups in total. The molecule has 7 heteroatoms. The summed E-state index contributed by atoms with van der Waals surface area (Å²) in [6.45, 7) is 7.71. The number of amides is 1. The third-order valence-corrected chi connectivity index (χ3v) is 4.02. The summed E-state index contributed by atoms with van der Waals surface area (Å²) in [6.07, 6.45) is 3.48. The van der Waals surface area contributed by atoms with Crippen molar-refractivity contribution in [3.63, 3.8) is 0 Å². The number of ether oxygens (including phenoxy) is 2. The Hall–Kier alpha value is -1.24. The average Bonchev–Trinajstić information content (AvgIpc) is 2.73. The largest absolute Gasteiger partial charge is 0.476 e. The lowest BCUT2D eigenvalue weighted by atomic mass is 9.98. The van der Waals surface area contributed by atoms with Crippen LogP contribution < -0.4 is 4.74 Å². The second kappa shape index (κ2) is 6.89. The highest BCUT2D eigenvalue weighted by atomic mass is 79.9. The summed E-state index contributed by atoms with van der Waals surface area (Å²) < 4.78 is 13.7. The first kappa shape index (κ1) is 17.1. The van der Waals surface area contributed by atoms with Crippen molar-refractivity contribution in [1.82, 2.24) is 14.7 Å². The van der Waals surface area contributed by atoms with Crippen LogP contribution in [0.1, 0.15) is 33.6 Å². The molecular weight excluding hydrogens is 350 g/mol. The Kier molecular flexibility index (Phi) is 5.36. The van der Waals surface area contributed by atoms with Gasteiger partial charge in [-0.1, -0.05) is 0 Å². The fourth-order valence-electron chi connectivity index (χ4n) is 2.34. The van der Waals surface area contributed by atoms with Gasteiger partial charge in [-0.25, -0.2) is 4.79 Å². The van der Waals surface area contributed by atoms with Crippen molar-refractivity contribution in [3.05, 3.63) is 10.7 Å². The van der Waals surface area contributed by atoms with Gasteiger partial charge in [-0.05, 0) is 55.5 Å². The van der Waals surface area contributed by atoms with Crippen molar-refractivity contribution >= 4 is 22.0 Å². The molecule has 0 saturated carbocycles. The fourth-order valence-corrected chi connectivity index (χ4v) is 2.83. The summed E-state index contributed by atoms with van der Waals surface area (Å²) in [5, 5.41) is 4.24. The minimum absolute atomic E-state index is 0.223. The number of nitrogens with zero attached hydrogens (tertiary/aromatic N) is 3. The molecule has 0 aromatic carbocycles. The minimum atomic E-state index is -0.442. The topological polar surface area (TPSA) is 56.6 Å². The highest BCUT2D eigenvalue weighted by Gasteiger charge is 2.27. The number of hydrogen-bond acceptors (Lipinski definition) is 4. The van der Waals surface area contributed by atoms with Crippen molar-refractivity contribution in [2.24, 2.45) is 13.0 Å². The van der Waals surface area contributed by atoms with Crippen molar-refractivity contribution in [2.75, 3.05) is 19.7 Å². The van der Waals surface area contributed by atoms with E-state index < -0.39 is 5.60 Å². The van der Waals surface area contributed by atoms with Crippen LogP contribution in [-0.2, 0) is 11.8 Å². The summed E-state index contributed by atoms with van der Waals surface area (Å²) in [4.78, 5) is 13.8. The molecule has 1 aromatic rings. The van der Waals surface area contributed by atoms with E-state index in [2.05, 4.69) is 21.0 Å². The molecular formula is C15H24BrN3O3. The maximum absolute atomic E-state index is 12.0. The van der Waals surface area contributed by atoms with E-state index in [4.69, 9.17) is 9.47 Å². The Bertz CT molecular complexity index is 517. The molecule has 22 heavy (non-hydrogen) atoms. The highest BCUT2D eigenvalue weighted by Crippen LogP contribution is 2.25. The molecule has 1 aliphatic rings. The van der Waals surface area contributed by atoms with Gasteiger partial charge in [0.2, 0.25) is 5.88 Å². The Morgan fingerprint density at radius 2 is 2.05 bits per heavy atom. The van der Waals surface area contributed by atoms with Crippen LogP contribution in [0.2, 0.25) is 0 Å². The molecule has 0 bridgehead atoms. The minimum Gasteiger partial charge on any atom is -0.476 e. The van der Waals surface area contributed by atoms with Gasteiger partial charge in [-0.2, -0.15) is 0 Å². The summed E-state index contributed by atoms with van der Waals surface area (Å²) in [5.74, 6) is 1.06. The standard InChI is InChI=1S/C15H24BrN3O3/c1-15(2,3)22-14(20)19-7-5-11(6-8-19)10-21-13-12(16)9-18(4)17-13/h9,11H,5-8,10H2,1-4H3. The summed E-state index contributed by atoms with van der Waals surface area (Å²) in [6, 6.07) is 0. The normalized spacial score (nSPS) is 16.7. The average molecular weight is 374 g/mol. The number of halogens is 1. The van der Waals surface area contributed by atoms with Crippen LogP contribution in [0.5, 0.6) is 5.88 Å². The van der Waals surface area contributed by atoms with Crippen molar-refractivity contribution in [3.8, 4) is 5.88 Å². The maximum Gasteiger partial charge on any atom is 0.410 e. The van der Waals surface area contributed by atoms with Crippen LogP contribution >= 0.6 is 15.9 Å². The monoisotopic (exact) mass is 373 g/mol. The van der Waals surface area contributed by atoms with E-state index in [1.165, 1.54) is 0 Å².